The van der Waals surface area contributed by atoms with Gasteiger partial charge < -0.3 is 15.1 Å². The number of benzene rings is 1. The van der Waals surface area contributed by atoms with Crippen LogP contribution in [0.1, 0.15) is 19.8 Å². The summed E-state index contributed by atoms with van der Waals surface area (Å²) in [6, 6.07) is 8.29. The van der Waals surface area contributed by atoms with Gasteiger partial charge >= 0.3 is 6.03 Å². The molecule has 0 radical (unpaired) electrons. The lowest BCUT2D eigenvalue weighted by atomic mass is 10.2. The lowest BCUT2D eigenvalue weighted by molar-refractivity contribution is 0.190. The van der Waals surface area contributed by atoms with Crippen LogP contribution in [-0.4, -0.2) is 43.2 Å². The van der Waals surface area contributed by atoms with E-state index in [9.17, 15) is 4.79 Å². The highest BCUT2D eigenvalue weighted by atomic mass is 35.5. The molecule has 0 bridgehead atoms. The Balaban J connectivity index is 1.51. The summed E-state index contributed by atoms with van der Waals surface area (Å²) in [6.45, 7) is 5.33. The van der Waals surface area contributed by atoms with Crippen LogP contribution in [0.2, 0.25) is 5.02 Å². The zero-order valence-electron chi connectivity index (χ0n) is 12.4. The molecular formula is C16H22ClN3O. The predicted octanol–water partition coefficient (Wildman–Crippen LogP) is 2.97. The summed E-state index contributed by atoms with van der Waals surface area (Å²) < 4.78 is 0. The van der Waals surface area contributed by atoms with Crippen LogP contribution in [0.3, 0.4) is 0 Å². The van der Waals surface area contributed by atoms with Crippen molar-refractivity contribution >= 4 is 23.3 Å². The van der Waals surface area contributed by atoms with Crippen LogP contribution in [0.5, 0.6) is 0 Å². The molecule has 0 aromatic heterocycles. The fourth-order valence-electron chi connectivity index (χ4n) is 2.84. The molecule has 114 valence electrons. The Morgan fingerprint density at radius 1 is 1.29 bits per heavy atom. The van der Waals surface area contributed by atoms with E-state index in [4.69, 9.17) is 11.6 Å². The molecule has 0 spiro atoms. The number of carbonyl (C=O) groups excluding carboxylic acids is 1. The van der Waals surface area contributed by atoms with Crippen molar-refractivity contribution in [3.05, 3.63) is 29.3 Å². The highest BCUT2D eigenvalue weighted by Gasteiger charge is 2.30. The largest absolute Gasteiger partial charge is 0.368 e. The van der Waals surface area contributed by atoms with E-state index < -0.39 is 0 Å². The lowest BCUT2D eigenvalue weighted by Gasteiger charge is -2.36. The van der Waals surface area contributed by atoms with Crippen molar-refractivity contribution in [2.45, 2.75) is 25.8 Å². The Kier molecular flexibility index (Phi) is 4.24. The monoisotopic (exact) mass is 307 g/mol. The first-order valence-corrected chi connectivity index (χ1v) is 8.07. The summed E-state index contributed by atoms with van der Waals surface area (Å²) >= 11 is 6.03. The Morgan fingerprint density at radius 3 is 2.62 bits per heavy atom. The van der Waals surface area contributed by atoms with Gasteiger partial charge in [-0.3, -0.25) is 0 Å². The molecule has 1 saturated heterocycles. The predicted molar refractivity (Wildman–Crippen MR) is 86.0 cm³/mol. The van der Waals surface area contributed by atoms with Gasteiger partial charge in [0.15, 0.2) is 0 Å². The SMILES string of the molecule is C[C@@H](NC(=O)N1CCN(c2cccc(Cl)c2)CC1)C1CC1. The number of halogens is 1. The molecule has 1 aliphatic heterocycles. The number of nitrogens with zero attached hydrogens (tertiary/aromatic N) is 2. The molecule has 1 aromatic carbocycles. The summed E-state index contributed by atoms with van der Waals surface area (Å²) in [7, 11) is 0. The van der Waals surface area contributed by atoms with E-state index in [1.165, 1.54) is 12.8 Å². The highest BCUT2D eigenvalue weighted by molar-refractivity contribution is 6.30. The third-order valence-electron chi connectivity index (χ3n) is 4.42. The van der Waals surface area contributed by atoms with Crippen LogP contribution >= 0.6 is 11.6 Å². The normalized spacial score (nSPS) is 20.3. The summed E-state index contributed by atoms with van der Waals surface area (Å²) in [6.07, 6.45) is 2.51. The standard InChI is InChI=1S/C16H22ClN3O/c1-12(13-5-6-13)18-16(21)20-9-7-19(8-10-20)15-4-2-3-14(17)11-15/h2-4,11-13H,5-10H2,1H3,(H,18,21)/t12-/m1/s1. The molecule has 1 saturated carbocycles. The smallest absolute Gasteiger partial charge is 0.317 e. The van der Waals surface area contributed by atoms with Crippen molar-refractivity contribution in [2.75, 3.05) is 31.1 Å². The molecule has 1 aromatic rings. The van der Waals surface area contributed by atoms with E-state index in [1.807, 2.05) is 23.1 Å². The molecule has 2 amide bonds. The first-order valence-electron chi connectivity index (χ1n) is 7.69. The molecule has 2 aliphatic rings. The Labute approximate surface area is 131 Å². The number of urea groups is 1. The van der Waals surface area contributed by atoms with E-state index in [-0.39, 0.29) is 6.03 Å². The second-order valence-corrected chi connectivity index (χ2v) is 6.47. The molecule has 1 N–H and O–H groups in total. The van der Waals surface area contributed by atoms with Crippen LogP contribution < -0.4 is 10.2 Å². The zero-order valence-corrected chi connectivity index (χ0v) is 13.1. The van der Waals surface area contributed by atoms with E-state index in [0.717, 1.165) is 36.9 Å². The third kappa shape index (κ3) is 3.62. The summed E-state index contributed by atoms with van der Waals surface area (Å²) in [5.74, 6) is 0.696. The van der Waals surface area contributed by atoms with Gasteiger partial charge in [-0.2, -0.15) is 0 Å². The maximum atomic E-state index is 12.2. The molecule has 4 nitrogen and oxygen atoms in total. The first-order chi connectivity index (χ1) is 10.1. The maximum Gasteiger partial charge on any atom is 0.317 e. The average Bonchev–Trinajstić information content (AvgIpc) is 3.32. The average molecular weight is 308 g/mol. The molecule has 1 atom stereocenters. The minimum atomic E-state index is 0.0835. The van der Waals surface area contributed by atoms with Crippen LogP contribution in [0, 0.1) is 5.92 Å². The van der Waals surface area contributed by atoms with Gasteiger partial charge in [0.2, 0.25) is 0 Å². The van der Waals surface area contributed by atoms with Gasteiger partial charge in [-0.15, -0.1) is 0 Å². The van der Waals surface area contributed by atoms with E-state index >= 15 is 0 Å². The molecule has 21 heavy (non-hydrogen) atoms. The fraction of sp³-hybridized carbons (Fsp3) is 0.562. The number of nitrogens with one attached hydrogen (secondary N) is 1. The second kappa shape index (κ2) is 6.14. The number of piperazine rings is 1. The van der Waals surface area contributed by atoms with Crippen molar-refractivity contribution in [3.8, 4) is 0 Å². The fourth-order valence-corrected chi connectivity index (χ4v) is 3.03. The van der Waals surface area contributed by atoms with Crippen molar-refractivity contribution < 1.29 is 4.79 Å². The van der Waals surface area contributed by atoms with E-state index in [0.29, 0.717) is 12.0 Å². The molecule has 1 aliphatic carbocycles. The maximum absolute atomic E-state index is 12.2. The van der Waals surface area contributed by atoms with Crippen LogP contribution in [0.4, 0.5) is 10.5 Å². The first kappa shape index (κ1) is 14.5. The number of hydrogen-bond donors (Lipinski definition) is 1. The summed E-state index contributed by atoms with van der Waals surface area (Å²) in [5.41, 5.74) is 1.13. The van der Waals surface area contributed by atoms with Crippen LogP contribution in [-0.2, 0) is 0 Å². The van der Waals surface area contributed by atoms with Crippen LogP contribution in [0.25, 0.3) is 0 Å². The minimum Gasteiger partial charge on any atom is -0.368 e. The van der Waals surface area contributed by atoms with Gasteiger partial charge in [0.1, 0.15) is 0 Å². The van der Waals surface area contributed by atoms with Gasteiger partial charge in [-0.25, -0.2) is 4.79 Å². The Bertz CT molecular complexity index is 510. The minimum absolute atomic E-state index is 0.0835. The Morgan fingerprint density at radius 2 is 2.00 bits per heavy atom. The number of anilines is 1. The number of amides is 2. The number of carbonyl (C=O) groups is 1. The number of hydrogen-bond acceptors (Lipinski definition) is 2. The van der Waals surface area contributed by atoms with Crippen molar-refractivity contribution in [1.29, 1.82) is 0 Å². The van der Waals surface area contributed by atoms with Gasteiger partial charge in [-0.05, 0) is 43.9 Å². The molecule has 2 fully saturated rings. The van der Waals surface area contributed by atoms with Gasteiger partial charge in [0.25, 0.3) is 0 Å². The lowest BCUT2D eigenvalue weighted by Crippen LogP contribution is -2.53. The molecule has 5 heteroatoms. The van der Waals surface area contributed by atoms with Crippen LogP contribution in [0.15, 0.2) is 24.3 Å². The second-order valence-electron chi connectivity index (χ2n) is 6.03. The van der Waals surface area contributed by atoms with E-state index in [2.05, 4.69) is 23.2 Å². The van der Waals surface area contributed by atoms with E-state index in [1.54, 1.807) is 0 Å². The molecular weight excluding hydrogens is 286 g/mol. The zero-order chi connectivity index (χ0) is 14.8. The van der Waals surface area contributed by atoms with Gasteiger partial charge in [0, 0.05) is 42.9 Å². The Hall–Kier alpha value is -1.42. The number of rotatable bonds is 3. The highest BCUT2D eigenvalue weighted by Crippen LogP contribution is 2.32. The quantitative estimate of drug-likeness (QED) is 0.932. The molecule has 3 rings (SSSR count). The summed E-state index contributed by atoms with van der Waals surface area (Å²) in [5, 5.41) is 3.88. The van der Waals surface area contributed by atoms with Crippen molar-refractivity contribution in [2.24, 2.45) is 5.92 Å². The van der Waals surface area contributed by atoms with Gasteiger partial charge in [0.05, 0.1) is 0 Å². The molecule has 1 heterocycles. The van der Waals surface area contributed by atoms with Gasteiger partial charge in [-0.1, -0.05) is 17.7 Å². The molecule has 0 unspecified atom stereocenters. The topological polar surface area (TPSA) is 35.6 Å². The summed E-state index contributed by atoms with van der Waals surface area (Å²) in [4.78, 5) is 16.4. The van der Waals surface area contributed by atoms with Crippen molar-refractivity contribution in [3.63, 3.8) is 0 Å². The van der Waals surface area contributed by atoms with Crippen molar-refractivity contribution in [1.82, 2.24) is 10.2 Å². The third-order valence-corrected chi connectivity index (χ3v) is 4.66.